The lowest BCUT2D eigenvalue weighted by Gasteiger charge is -2.49. The number of β-lactam (4-membered cyclic amide) rings is 1. The van der Waals surface area contributed by atoms with E-state index in [0.29, 0.717) is 29.2 Å². The van der Waals surface area contributed by atoms with E-state index in [4.69, 9.17) is 22.2 Å². The molecule has 6 rings (SSSR count). The van der Waals surface area contributed by atoms with Crippen LogP contribution in [0.5, 0.6) is 11.5 Å². The fraction of sp³-hybridized carbons (Fsp3) is 0.250. The highest BCUT2D eigenvalue weighted by atomic mass is 35.5. The second-order valence-electron chi connectivity index (χ2n) is 10.9. The molecule has 0 aliphatic carbocycles. The molecule has 4 aromatic rings. The Balaban J connectivity index is 1.19. The number of carbonyl (C=O) groups excluding carboxylic acids is 3. The number of phenols is 2. The number of nitrogens with two attached hydrogens (primary N) is 1. The van der Waals surface area contributed by atoms with Crippen LogP contribution in [0, 0.1) is 0 Å². The summed E-state index contributed by atoms with van der Waals surface area (Å²) >= 11 is 10.3. The maximum absolute atomic E-state index is 13.6. The maximum Gasteiger partial charge on any atom is 0.276 e. The van der Waals surface area contributed by atoms with Gasteiger partial charge in [0.15, 0.2) is 51.6 Å². The summed E-state index contributed by atoms with van der Waals surface area (Å²) in [4.78, 5) is 50.2. The Morgan fingerprint density at radius 3 is 2.77 bits per heavy atom. The molecule has 2 aliphatic rings. The van der Waals surface area contributed by atoms with Crippen LogP contribution < -0.4 is 15.6 Å². The summed E-state index contributed by atoms with van der Waals surface area (Å²) in [6.07, 6.45) is 4.09. The first-order valence-electron chi connectivity index (χ1n) is 14.0. The third-order valence-corrected chi connectivity index (χ3v) is 10.6. The number of nitrogens with one attached hydrogen (secondary N) is 2. The Morgan fingerprint density at radius 2 is 2.10 bits per heavy atom. The minimum Gasteiger partial charge on any atom is -0.504 e. The number of tetrazole rings is 1. The molecule has 0 spiro atoms. The summed E-state index contributed by atoms with van der Waals surface area (Å²) in [7, 11) is 0. The number of amides is 2. The predicted octanol–water partition coefficient (Wildman–Crippen LogP) is 1.88. The van der Waals surface area contributed by atoms with Crippen molar-refractivity contribution in [2.75, 3.05) is 17.2 Å². The number of aromatic nitrogens is 6. The lowest BCUT2D eigenvalue weighted by molar-refractivity contribution is -0.596. The second-order valence-corrected chi connectivity index (χ2v) is 14.3. The van der Waals surface area contributed by atoms with E-state index in [2.05, 4.69) is 36.1 Å². The van der Waals surface area contributed by atoms with Gasteiger partial charge in [-0.3, -0.25) is 19.3 Å². The number of anilines is 1. The summed E-state index contributed by atoms with van der Waals surface area (Å²) in [5.41, 5.74) is 6.24. The van der Waals surface area contributed by atoms with Crippen LogP contribution in [0.25, 0.3) is 11.4 Å². The highest BCUT2D eigenvalue weighted by molar-refractivity contribution is 8.01. The molecular weight excluding hydrogens is 704 g/mol. The molecule has 16 nitrogen and oxygen atoms in total. The van der Waals surface area contributed by atoms with Crippen molar-refractivity contribution in [2.45, 2.75) is 35.8 Å². The molecule has 6 N–H and O–H groups in total. The van der Waals surface area contributed by atoms with E-state index >= 15 is 0 Å². The largest absolute Gasteiger partial charge is 0.504 e. The quantitative estimate of drug-likeness (QED) is 0.0283. The number of carbonyl (C=O) groups is 3. The molecule has 1 fully saturated rings. The third kappa shape index (κ3) is 6.53. The van der Waals surface area contributed by atoms with Gasteiger partial charge in [-0.25, -0.2) is 4.98 Å². The number of aromatic hydroxyl groups is 2. The zero-order valence-electron chi connectivity index (χ0n) is 25.0. The molecule has 0 bridgehead atoms. The number of nitrogens with zero attached hydrogens (tertiary/aromatic N) is 7. The number of nitrogen functional groups attached to an aromatic ring is 1. The fourth-order valence-electron chi connectivity index (χ4n) is 4.65. The molecular formula is C28H26ClN10O6S3+. The van der Waals surface area contributed by atoms with E-state index in [1.807, 2.05) is 12.1 Å². The number of fused-ring (bicyclic) bond motifs is 1. The number of thiazole rings is 1. The summed E-state index contributed by atoms with van der Waals surface area (Å²) < 4.78 is 1.71. The van der Waals surface area contributed by atoms with Crippen molar-refractivity contribution in [3.8, 4) is 17.2 Å². The molecule has 2 aliphatic heterocycles. The van der Waals surface area contributed by atoms with Gasteiger partial charge in [0.2, 0.25) is 11.5 Å². The third-order valence-electron chi connectivity index (χ3n) is 7.09. The number of halogens is 1. The van der Waals surface area contributed by atoms with Gasteiger partial charge in [-0.2, -0.15) is 9.78 Å². The van der Waals surface area contributed by atoms with Crippen LogP contribution in [0.3, 0.4) is 0 Å². The van der Waals surface area contributed by atoms with Crippen molar-refractivity contribution in [3.05, 3.63) is 64.2 Å². The standard InChI is InChI=1S/C28H25ClN10O6S3/c1-28(2,12-40)45-35-19(15-11-48-27(30)31-15)24(43)32-20-25(44)39-21(23-33-36-37-34-23)13(10-47-26(20)39)9-46-14-5-7-38(8-6-14)16-3-4-17(41)22(42)18(16)29/h3-8,11-12,20,26H,9-10H2,1-2H3,(H5-,30,31,32,33,34,35,36,37,41,42,43)/p+1/t20-,26-/m1/s1. The van der Waals surface area contributed by atoms with Crippen LogP contribution in [-0.4, -0.2) is 93.1 Å². The Bertz CT molecular complexity index is 1950. The molecule has 48 heavy (non-hydrogen) atoms. The normalized spacial score (nSPS) is 17.9. The average Bonchev–Trinajstić information content (AvgIpc) is 3.77. The van der Waals surface area contributed by atoms with Gasteiger partial charge in [0.05, 0.1) is 5.70 Å². The van der Waals surface area contributed by atoms with Gasteiger partial charge in [0, 0.05) is 40.0 Å². The van der Waals surface area contributed by atoms with Gasteiger partial charge >= 0.3 is 0 Å². The second kappa shape index (κ2) is 13.4. The highest BCUT2D eigenvalue weighted by Gasteiger charge is 2.54. The van der Waals surface area contributed by atoms with Gasteiger partial charge in [0.25, 0.3) is 11.8 Å². The Morgan fingerprint density at radius 1 is 1.33 bits per heavy atom. The topological polar surface area (TPSA) is 226 Å². The number of hydrogen-bond donors (Lipinski definition) is 5. The van der Waals surface area contributed by atoms with Gasteiger partial charge in [-0.15, -0.1) is 45.1 Å². The molecule has 20 heteroatoms. The van der Waals surface area contributed by atoms with Gasteiger partial charge in [0.1, 0.15) is 17.1 Å². The van der Waals surface area contributed by atoms with Crippen molar-refractivity contribution in [2.24, 2.45) is 5.16 Å². The van der Waals surface area contributed by atoms with Crippen LogP contribution >= 0.6 is 46.5 Å². The van der Waals surface area contributed by atoms with Gasteiger partial charge in [-0.05, 0) is 30.7 Å². The molecule has 0 unspecified atom stereocenters. The first-order chi connectivity index (χ1) is 23.0. The summed E-state index contributed by atoms with van der Waals surface area (Å²) in [6, 6.07) is 5.77. The van der Waals surface area contributed by atoms with Crippen LogP contribution in [0.2, 0.25) is 5.02 Å². The zero-order valence-corrected chi connectivity index (χ0v) is 28.2. The minimum absolute atomic E-state index is 0.0179. The zero-order chi connectivity index (χ0) is 34.2. The van der Waals surface area contributed by atoms with Crippen LogP contribution in [-0.2, 0) is 19.2 Å². The number of benzene rings is 1. The van der Waals surface area contributed by atoms with Crippen molar-refractivity contribution in [1.82, 2.24) is 35.8 Å². The lowest BCUT2D eigenvalue weighted by Crippen LogP contribution is -2.70. The number of aldehydes is 1. The van der Waals surface area contributed by atoms with E-state index in [1.54, 1.807) is 27.9 Å². The molecule has 2 amide bonds. The number of oxime groups is 1. The van der Waals surface area contributed by atoms with Crippen molar-refractivity contribution < 1.29 is 34.0 Å². The maximum atomic E-state index is 13.6. The van der Waals surface area contributed by atoms with Gasteiger partial charge < -0.3 is 26.1 Å². The number of rotatable bonds is 11. The molecule has 3 aromatic heterocycles. The van der Waals surface area contributed by atoms with Crippen LogP contribution in [0.4, 0.5) is 5.13 Å². The van der Waals surface area contributed by atoms with Crippen molar-refractivity contribution >= 4 is 81.1 Å². The molecule has 0 saturated carbocycles. The molecule has 2 atom stereocenters. The fourth-order valence-corrected chi connectivity index (χ4v) is 7.82. The smallest absolute Gasteiger partial charge is 0.276 e. The molecule has 1 aromatic carbocycles. The highest BCUT2D eigenvalue weighted by Crippen LogP contribution is 2.44. The molecule has 1 saturated heterocycles. The van der Waals surface area contributed by atoms with E-state index in [-0.39, 0.29) is 39.0 Å². The van der Waals surface area contributed by atoms with Gasteiger partial charge in [-0.1, -0.05) is 16.8 Å². The number of thioether (sulfide) groups is 2. The Hall–Kier alpha value is -4.72. The van der Waals surface area contributed by atoms with Crippen molar-refractivity contribution in [3.63, 3.8) is 0 Å². The summed E-state index contributed by atoms with van der Waals surface area (Å²) in [6.45, 7) is 2.96. The average molecular weight is 730 g/mol. The monoisotopic (exact) mass is 729 g/mol. The molecule has 5 heterocycles. The number of pyridine rings is 1. The van der Waals surface area contributed by atoms with Crippen molar-refractivity contribution in [1.29, 1.82) is 0 Å². The lowest BCUT2D eigenvalue weighted by atomic mass is 10.0. The van der Waals surface area contributed by atoms with E-state index < -0.39 is 28.7 Å². The summed E-state index contributed by atoms with van der Waals surface area (Å²) in [5.74, 6) is -0.586. The van der Waals surface area contributed by atoms with E-state index in [1.165, 1.54) is 48.8 Å². The predicted molar refractivity (Wildman–Crippen MR) is 177 cm³/mol. The number of H-pyrrole nitrogens is 1. The van der Waals surface area contributed by atoms with Crippen LogP contribution in [0.1, 0.15) is 25.4 Å². The minimum atomic E-state index is -1.31. The molecule has 248 valence electrons. The first kappa shape index (κ1) is 33.2. The number of hydrogen-bond acceptors (Lipinski definition) is 15. The Labute approximate surface area is 289 Å². The van der Waals surface area contributed by atoms with E-state index in [0.717, 1.165) is 21.8 Å². The number of phenolic OH excluding ortho intramolecular Hbond substituents is 2. The van der Waals surface area contributed by atoms with Crippen LogP contribution in [0.15, 0.2) is 57.7 Å². The molecule has 0 radical (unpaired) electrons. The van der Waals surface area contributed by atoms with E-state index in [9.17, 15) is 24.6 Å². The summed E-state index contributed by atoms with van der Waals surface area (Å²) in [5, 5.41) is 42.0. The first-order valence-corrected chi connectivity index (χ1v) is 17.3. The number of aromatic amines is 1. The SMILES string of the molecule is CC(C)(C=O)O/N=C(\C(=O)N[C@@H]1C(=O)N2C(c3nn[nH]n3)=C(CSc3cc[n+](-c4ccc(O)c(O)c4Cl)cc3)CS[C@H]12)c1csc(N)n1. The Kier molecular flexibility index (Phi) is 9.28.